The number of Topliss-reactive ketones (excluding diaryl/α,β-unsaturated/α-hetero) is 2. The molecule has 0 spiro atoms. The Morgan fingerprint density at radius 1 is 1.04 bits per heavy atom. The highest BCUT2D eigenvalue weighted by Gasteiger charge is 2.39. The Morgan fingerprint density at radius 3 is 2.62 bits per heavy atom. The third-order valence-corrected chi connectivity index (χ3v) is 13.6. The van der Waals surface area contributed by atoms with Gasteiger partial charge >= 0.3 is 0 Å². The van der Waals surface area contributed by atoms with Crippen molar-refractivity contribution in [3.63, 3.8) is 0 Å². The number of aliphatic imine (C=N–C) groups is 1. The zero-order chi connectivity index (χ0) is 38.8. The van der Waals surface area contributed by atoms with Crippen LogP contribution in [-0.2, 0) is 27.3 Å². The number of fused-ring (bicyclic) bond motifs is 4. The third kappa shape index (κ3) is 8.32. The molecule has 1 N–H and O–H groups in total. The summed E-state index contributed by atoms with van der Waals surface area (Å²) >= 11 is 9.46. The highest BCUT2D eigenvalue weighted by atomic mass is 35.5. The summed E-state index contributed by atoms with van der Waals surface area (Å²) in [5, 5.41) is 15.5. The fourth-order valence-electron chi connectivity index (χ4n) is 7.91. The van der Waals surface area contributed by atoms with Crippen LogP contribution in [0.3, 0.4) is 0 Å². The number of benzene rings is 1. The minimum Gasteiger partial charge on any atom is -0.356 e. The van der Waals surface area contributed by atoms with Crippen molar-refractivity contribution in [2.75, 3.05) is 6.54 Å². The van der Waals surface area contributed by atoms with Crippen molar-refractivity contribution in [1.82, 2.24) is 25.0 Å². The van der Waals surface area contributed by atoms with Crippen molar-refractivity contribution in [3.05, 3.63) is 96.0 Å². The number of carbonyl (C=O) groups is 4. The number of halogens is 1. The number of nitrogens with zero attached hydrogens (tertiary/aromatic N) is 5. The number of aromatic nitrogens is 3. The molecule has 1 aromatic carbocycles. The Labute approximate surface area is 335 Å². The van der Waals surface area contributed by atoms with Gasteiger partial charge in [-0.15, -0.1) is 32.9 Å². The molecule has 1 fully saturated rings. The van der Waals surface area contributed by atoms with Gasteiger partial charge in [-0.2, -0.15) is 0 Å². The van der Waals surface area contributed by atoms with Crippen LogP contribution in [-0.4, -0.2) is 61.3 Å². The van der Waals surface area contributed by atoms with Gasteiger partial charge in [-0.3, -0.25) is 28.7 Å². The molecular weight excluding hydrogens is 752 g/mol. The molecule has 1 aliphatic carbocycles. The number of ketones is 2. The van der Waals surface area contributed by atoms with E-state index in [1.165, 1.54) is 4.88 Å². The lowest BCUT2D eigenvalue weighted by molar-refractivity contribution is -0.123. The average Bonchev–Trinajstić information content (AvgIpc) is 3.85. The van der Waals surface area contributed by atoms with Crippen LogP contribution in [0.4, 0.5) is 0 Å². The van der Waals surface area contributed by atoms with Crippen molar-refractivity contribution in [2.45, 2.75) is 116 Å². The van der Waals surface area contributed by atoms with E-state index in [9.17, 15) is 19.2 Å². The SMILES string of the molecule is C=C1CCC[C@H](N2Cc3c(csc3CCC(=O)CCCCCCNC(=O)C[C@@H]3N=C(c4ccc(Cl)cc4)c4c(sc(C)c4C)-n4c(C)nnc43)C2=O)C(=O)C1. The molecular formula is C42H47ClN6O4S2. The molecule has 7 rings (SSSR count). The normalized spacial score (nSPS) is 18.1. The van der Waals surface area contributed by atoms with Crippen LogP contribution in [0.15, 0.2) is 46.8 Å². The zero-order valence-electron chi connectivity index (χ0n) is 31.7. The van der Waals surface area contributed by atoms with Crippen LogP contribution in [0.1, 0.15) is 131 Å². The minimum absolute atomic E-state index is 0.0612. The monoisotopic (exact) mass is 798 g/mol. The number of allylic oxidation sites excluding steroid dienone is 1. The first-order valence-corrected chi connectivity index (χ1v) is 21.3. The average molecular weight is 799 g/mol. The number of thiophene rings is 2. The maximum atomic E-state index is 13.3. The van der Waals surface area contributed by atoms with Gasteiger partial charge in [0.25, 0.3) is 5.91 Å². The number of rotatable bonds is 14. The molecule has 1 saturated carbocycles. The first-order chi connectivity index (χ1) is 26.5. The molecule has 2 amide bonds. The molecule has 4 aromatic rings. The van der Waals surface area contributed by atoms with E-state index in [4.69, 9.17) is 16.6 Å². The summed E-state index contributed by atoms with van der Waals surface area (Å²) in [6.07, 6.45) is 7.90. The second-order valence-corrected chi connectivity index (χ2v) is 17.6. The Morgan fingerprint density at radius 2 is 1.82 bits per heavy atom. The smallest absolute Gasteiger partial charge is 0.255 e. The molecule has 2 atom stereocenters. The van der Waals surface area contributed by atoms with Crippen molar-refractivity contribution < 1.29 is 19.2 Å². The van der Waals surface area contributed by atoms with E-state index in [0.29, 0.717) is 61.6 Å². The molecule has 3 aromatic heterocycles. The van der Waals surface area contributed by atoms with Crippen LogP contribution in [0.25, 0.3) is 5.00 Å². The van der Waals surface area contributed by atoms with Gasteiger partial charge in [0, 0.05) is 63.6 Å². The summed E-state index contributed by atoms with van der Waals surface area (Å²) in [5.74, 6) is 1.56. The van der Waals surface area contributed by atoms with Crippen LogP contribution in [0.5, 0.6) is 0 Å². The third-order valence-electron chi connectivity index (χ3n) is 11.1. The van der Waals surface area contributed by atoms with Crippen LogP contribution in [0, 0.1) is 20.8 Å². The summed E-state index contributed by atoms with van der Waals surface area (Å²) in [6.45, 7) is 11.1. The number of amides is 2. The molecule has 2 aliphatic heterocycles. The van der Waals surface area contributed by atoms with Gasteiger partial charge in [-0.25, -0.2) is 0 Å². The number of unbranched alkanes of at least 4 members (excludes halogenated alkanes) is 3. The summed E-state index contributed by atoms with van der Waals surface area (Å²) < 4.78 is 2.05. The number of nitrogens with one attached hydrogen (secondary N) is 1. The Hall–Kier alpha value is -4.26. The fraction of sp³-hybridized carbons (Fsp3) is 0.452. The van der Waals surface area contributed by atoms with E-state index in [-0.39, 0.29) is 35.8 Å². The predicted octanol–water partition coefficient (Wildman–Crippen LogP) is 8.54. The van der Waals surface area contributed by atoms with Crippen LogP contribution >= 0.6 is 34.3 Å². The molecule has 0 radical (unpaired) electrons. The van der Waals surface area contributed by atoms with Gasteiger partial charge in [0.15, 0.2) is 11.6 Å². The number of hydrogen-bond acceptors (Lipinski definition) is 9. The maximum Gasteiger partial charge on any atom is 0.255 e. The first kappa shape index (κ1) is 39.0. The Bertz CT molecular complexity index is 2180. The van der Waals surface area contributed by atoms with Gasteiger partial charge in [-0.05, 0) is 82.6 Å². The number of aryl methyl sites for hydroxylation is 3. The maximum absolute atomic E-state index is 13.3. The Kier molecular flexibility index (Phi) is 11.9. The summed E-state index contributed by atoms with van der Waals surface area (Å²) in [5.41, 5.74) is 6.57. The first-order valence-electron chi connectivity index (χ1n) is 19.2. The summed E-state index contributed by atoms with van der Waals surface area (Å²) in [7, 11) is 0. The van der Waals surface area contributed by atoms with E-state index in [1.54, 1.807) is 27.6 Å². The van der Waals surface area contributed by atoms with Crippen LogP contribution in [0.2, 0.25) is 5.02 Å². The standard InChI is InChI=1S/C42H47ClN6O4S2/c1-24-10-9-12-34(35(51)20-24)48-22-31-32(41(48)53)23-54-36(31)18-17-30(50)11-7-5-6-8-19-44-37(52)21-33-40-47-46-27(4)49(40)42-38(25(2)26(3)55-42)39(45-33)28-13-15-29(43)16-14-28/h13-16,23,33-34H,1,5-12,17-22H2,2-4H3,(H,44,52)/t33-,34-/m0/s1. The fourth-order valence-corrected chi connectivity index (χ4v) is 10.3. The summed E-state index contributed by atoms with van der Waals surface area (Å²) in [6, 6.07) is 6.75. The second-order valence-electron chi connectivity index (χ2n) is 14.9. The van der Waals surface area contributed by atoms with Gasteiger partial charge in [0.2, 0.25) is 5.91 Å². The molecule has 0 saturated heterocycles. The molecule has 10 nitrogen and oxygen atoms in total. The van der Waals surface area contributed by atoms with Gasteiger partial charge < -0.3 is 10.2 Å². The topological polar surface area (TPSA) is 127 Å². The van der Waals surface area contributed by atoms with Gasteiger partial charge in [0.05, 0.1) is 23.7 Å². The second kappa shape index (κ2) is 16.9. The molecule has 5 heterocycles. The van der Waals surface area contributed by atoms with Crippen molar-refractivity contribution in [1.29, 1.82) is 0 Å². The molecule has 0 bridgehead atoms. The molecule has 3 aliphatic rings. The van der Waals surface area contributed by atoms with E-state index in [0.717, 1.165) is 87.8 Å². The van der Waals surface area contributed by atoms with Crippen LogP contribution < -0.4 is 5.32 Å². The highest BCUT2D eigenvalue weighted by molar-refractivity contribution is 7.15. The largest absolute Gasteiger partial charge is 0.356 e. The van der Waals surface area contributed by atoms with Crippen molar-refractivity contribution >= 4 is 63.4 Å². The van der Waals surface area contributed by atoms with E-state index >= 15 is 0 Å². The van der Waals surface area contributed by atoms with E-state index < -0.39 is 6.04 Å². The van der Waals surface area contributed by atoms with E-state index in [2.05, 4.69) is 35.9 Å². The quantitative estimate of drug-likeness (QED) is 0.0775. The Balaban J connectivity index is 0.861. The zero-order valence-corrected chi connectivity index (χ0v) is 34.1. The predicted molar refractivity (Wildman–Crippen MR) is 218 cm³/mol. The summed E-state index contributed by atoms with van der Waals surface area (Å²) in [4.78, 5) is 61.3. The number of hydrogen-bond donors (Lipinski definition) is 1. The van der Waals surface area contributed by atoms with Gasteiger partial charge in [0.1, 0.15) is 22.7 Å². The minimum atomic E-state index is -0.515. The number of carbonyl (C=O) groups excluding carboxylic acids is 4. The van der Waals surface area contributed by atoms with Crippen molar-refractivity contribution in [3.8, 4) is 5.00 Å². The lowest BCUT2D eigenvalue weighted by atomic mass is 9.99. The van der Waals surface area contributed by atoms with E-state index in [1.807, 2.05) is 41.1 Å². The van der Waals surface area contributed by atoms with Gasteiger partial charge in [-0.1, -0.05) is 48.7 Å². The lowest BCUT2D eigenvalue weighted by Crippen LogP contribution is -2.40. The molecule has 55 heavy (non-hydrogen) atoms. The lowest BCUT2D eigenvalue weighted by Gasteiger charge is -2.25. The molecule has 13 heteroatoms. The molecule has 288 valence electrons. The highest BCUT2D eigenvalue weighted by Crippen LogP contribution is 2.40. The molecule has 0 unspecified atom stereocenters. The van der Waals surface area contributed by atoms with Crippen molar-refractivity contribution in [2.24, 2.45) is 4.99 Å².